The average Bonchev–Trinajstić information content (AvgIpc) is 2.58. The van der Waals surface area contributed by atoms with Crippen molar-refractivity contribution in [2.75, 3.05) is 31.0 Å². The standard InChI is InChI=1S/C14H18N6O4/c15-14-16-13(22)12(19-20-14)18-17-11(21)9-24-7-6-23-8-10-4-2-1-3-5-10/h1-5H,6-9H2,(H,17,21)(H,18,19)(H3,15,16,20,22). The molecule has 1 amide bonds. The van der Waals surface area contributed by atoms with E-state index in [4.69, 9.17) is 15.2 Å². The lowest BCUT2D eigenvalue weighted by molar-refractivity contribution is -0.125. The maximum absolute atomic E-state index is 11.5. The summed E-state index contributed by atoms with van der Waals surface area (Å²) in [6, 6.07) is 9.72. The van der Waals surface area contributed by atoms with E-state index < -0.39 is 11.5 Å². The maximum Gasteiger partial charge on any atom is 0.297 e. The van der Waals surface area contributed by atoms with Crippen LogP contribution in [0.4, 0.5) is 11.8 Å². The van der Waals surface area contributed by atoms with Crippen LogP contribution in [0.25, 0.3) is 0 Å². The maximum atomic E-state index is 11.5. The Morgan fingerprint density at radius 1 is 1.17 bits per heavy atom. The van der Waals surface area contributed by atoms with Gasteiger partial charge in [0, 0.05) is 0 Å². The van der Waals surface area contributed by atoms with Crippen molar-refractivity contribution in [2.45, 2.75) is 6.61 Å². The summed E-state index contributed by atoms with van der Waals surface area (Å²) >= 11 is 0. The molecule has 1 aromatic heterocycles. The van der Waals surface area contributed by atoms with E-state index in [9.17, 15) is 9.59 Å². The van der Waals surface area contributed by atoms with Crippen molar-refractivity contribution >= 4 is 17.7 Å². The van der Waals surface area contributed by atoms with Crippen LogP contribution < -0.4 is 22.1 Å². The van der Waals surface area contributed by atoms with Crippen molar-refractivity contribution in [3.8, 4) is 0 Å². The van der Waals surface area contributed by atoms with E-state index in [1.165, 1.54) is 0 Å². The van der Waals surface area contributed by atoms with Crippen LogP contribution in [0.1, 0.15) is 5.56 Å². The van der Waals surface area contributed by atoms with E-state index in [0.29, 0.717) is 13.2 Å². The number of nitrogens with two attached hydrogens (primary N) is 1. The summed E-state index contributed by atoms with van der Waals surface area (Å²) in [4.78, 5) is 25.2. The van der Waals surface area contributed by atoms with Crippen LogP contribution in [0, 0.1) is 0 Å². The number of rotatable bonds is 9. The lowest BCUT2D eigenvalue weighted by Crippen LogP contribution is -2.36. The van der Waals surface area contributed by atoms with Crippen LogP contribution in [0.5, 0.6) is 0 Å². The van der Waals surface area contributed by atoms with Gasteiger partial charge in [-0.3, -0.25) is 25.4 Å². The number of carbonyl (C=O) groups excluding carboxylic acids is 1. The monoisotopic (exact) mass is 334 g/mol. The first kappa shape index (κ1) is 17.4. The van der Waals surface area contributed by atoms with Gasteiger partial charge in [0.05, 0.1) is 19.8 Å². The number of nitrogen functional groups attached to an aromatic ring is 1. The molecule has 0 saturated heterocycles. The van der Waals surface area contributed by atoms with Crippen molar-refractivity contribution < 1.29 is 14.3 Å². The van der Waals surface area contributed by atoms with Gasteiger partial charge in [0.1, 0.15) is 6.61 Å². The summed E-state index contributed by atoms with van der Waals surface area (Å²) < 4.78 is 10.6. The number of amides is 1. The molecule has 0 aliphatic carbocycles. The molecule has 0 aliphatic rings. The van der Waals surface area contributed by atoms with Crippen LogP contribution in [-0.2, 0) is 20.9 Å². The Hall–Kier alpha value is -2.98. The molecule has 0 saturated carbocycles. The molecule has 128 valence electrons. The molecule has 0 atom stereocenters. The number of aromatic amines is 1. The molecule has 24 heavy (non-hydrogen) atoms. The van der Waals surface area contributed by atoms with Gasteiger partial charge in [-0.1, -0.05) is 30.3 Å². The highest BCUT2D eigenvalue weighted by molar-refractivity contribution is 5.78. The molecule has 10 heteroatoms. The van der Waals surface area contributed by atoms with Gasteiger partial charge in [-0.05, 0) is 5.56 Å². The first-order valence-corrected chi connectivity index (χ1v) is 7.12. The highest BCUT2D eigenvalue weighted by Crippen LogP contribution is 1.99. The van der Waals surface area contributed by atoms with E-state index >= 15 is 0 Å². The van der Waals surface area contributed by atoms with E-state index in [2.05, 4.69) is 26.0 Å². The summed E-state index contributed by atoms with van der Waals surface area (Å²) in [6.45, 7) is 0.916. The lowest BCUT2D eigenvalue weighted by Gasteiger charge is -2.08. The average molecular weight is 334 g/mol. The first-order chi connectivity index (χ1) is 11.6. The Kier molecular flexibility index (Phi) is 6.68. The zero-order valence-corrected chi connectivity index (χ0v) is 12.8. The molecule has 0 spiro atoms. The topological polar surface area (TPSA) is 144 Å². The third-order valence-electron chi connectivity index (χ3n) is 2.75. The van der Waals surface area contributed by atoms with Crippen molar-refractivity contribution in [3.63, 3.8) is 0 Å². The minimum absolute atomic E-state index is 0.115. The number of nitrogens with one attached hydrogen (secondary N) is 3. The van der Waals surface area contributed by atoms with Gasteiger partial charge in [0.15, 0.2) is 0 Å². The summed E-state index contributed by atoms with van der Waals surface area (Å²) in [7, 11) is 0. The second-order valence-corrected chi connectivity index (χ2v) is 4.65. The number of ether oxygens (including phenoxy) is 2. The van der Waals surface area contributed by atoms with Crippen molar-refractivity contribution in [2.24, 2.45) is 0 Å². The van der Waals surface area contributed by atoms with Crippen LogP contribution in [0.15, 0.2) is 35.1 Å². The fourth-order valence-corrected chi connectivity index (χ4v) is 1.64. The lowest BCUT2D eigenvalue weighted by atomic mass is 10.2. The Balaban J connectivity index is 1.56. The molecule has 1 heterocycles. The fraction of sp³-hybridized carbons (Fsp3) is 0.286. The molecule has 10 nitrogen and oxygen atoms in total. The van der Waals surface area contributed by atoms with E-state index in [-0.39, 0.29) is 25.0 Å². The van der Waals surface area contributed by atoms with Crippen molar-refractivity contribution in [3.05, 3.63) is 46.2 Å². The molecule has 0 bridgehead atoms. The molecule has 0 fully saturated rings. The van der Waals surface area contributed by atoms with Gasteiger partial charge < -0.3 is 15.2 Å². The molecule has 0 unspecified atom stereocenters. The molecule has 2 rings (SSSR count). The van der Waals surface area contributed by atoms with E-state index in [1.54, 1.807) is 0 Å². The molecule has 0 aliphatic heterocycles. The normalized spacial score (nSPS) is 10.3. The van der Waals surface area contributed by atoms with Crippen LogP contribution in [-0.4, -0.2) is 40.9 Å². The minimum atomic E-state index is -0.599. The number of benzene rings is 1. The first-order valence-electron chi connectivity index (χ1n) is 7.12. The number of nitrogens with zero attached hydrogens (tertiary/aromatic N) is 2. The number of hydrazine groups is 1. The summed E-state index contributed by atoms with van der Waals surface area (Å²) in [5.41, 5.74) is 10.3. The van der Waals surface area contributed by atoms with Crippen molar-refractivity contribution in [1.82, 2.24) is 20.6 Å². The Labute approximate surface area is 137 Å². The number of anilines is 2. The predicted molar refractivity (Wildman–Crippen MR) is 85.7 cm³/mol. The molecule has 1 aromatic carbocycles. The van der Waals surface area contributed by atoms with Crippen LogP contribution in [0.3, 0.4) is 0 Å². The van der Waals surface area contributed by atoms with Gasteiger partial charge in [0.2, 0.25) is 11.8 Å². The van der Waals surface area contributed by atoms with E-state index in [0.717, 1.165) is 5.56 Å². The molecule has 0 radical (unpaired) electrons. The zero-order chi connectivity index (χ0) is 17.2. The number of carbonyl (C=O) groups is 1. The van der Waals surface area contributed by atoms with E-state index in [1.807, 2.05) is 30.3 Å². The quantitative estimate of drug-likeness (QED) is 0.352. The highest BCUT2D eigenvalue weighted by atomic mass is 16.5. The molecule has 5 N–H and O–H groups in total. The predicted octanol–water partition coefficient (Wildman–Crippen LogP) is -0.576. The summed E-state index contributed by atoms with van der Waals surface area (Å²) in [5, 5.41) is 6.94. The number of hydrogen-bond donors (Lipinski definition) is 4. The Morgan fingerprint density at radius 3 is 2.67 bits per heavy atom. The smallest absolute Gasteiger partial charge is 0.297 e. The molecular weight excluding hydrogens is 316 g/mol. The summed E-state index contributed by atoms with van der Waals surface area (Å²) in [6.07, 6.45) is 0. The van der Waals surface area contributed by atoms with Gasteiger partial charge >= 0.3 is 0 Å². The third kappa shape index (κ3) is 6.02. The molecule has 2 aromatic rings. The van der Waals surface area contributed by atoms with Gasteiger partial charge in [-0.2, -0.15) is 0 Å². The second kappa shape index (κ2) is 9.22. The summed E-state index contributed by atoms with van der Waals surface area (Å²) in [5.74, 6) is -0.768. The minimum Gasteiger partial charge on any atom is -0.374 e. The van der Waals surface area contributed by atoms with Crippen LogP contribution in [0.2, 0.25) is 0 Å². The molecular formula is C14H18N6O4. The van der Waals surface area contributed by atoms with Gasteiger partial charge in [-0.25, -0.2) is 0 Å². The third-order valence-corrected chi connectivity index (χ3v) is 2.75. The Bertz CT molecular complexity index is 706. The second-order valence-electron chi connectivity index (χ2n) is 4.65. The highest BCUT2D eigenvalue weighted by Gasteiger charge is 2.05. The number of H-pyrrole nitrogens is 1. The van der Waals surface area contributed by atoms with Crippen molar-refractivity contribution in [1.29, 1.82) is 0 Å². The number of aromatic nitrogens is 3. The fourth-order valence-electron chi connectivity index (χ4n) is 1.64. The zero-order valence-electron chi connectivity index (χ0n) is 12.8. The van der Waals surface area contributed by atoms with Crippen LogP contribution >= 0.6 is 0 Å². The SMILES string of the molecule is Nc1nnc(NNC(=O)COCCOCc2ccccc2)c(=O)[nH]1. The largest absolute Gasteiger partial charge is 0.374 e. The Morgan fingerprint density at radius 2 is 1.92 bits per heavy atom. The van der Waals surface area contributed by atoms with Gasteiger partial charge in [0.25, 0.3) is 11.5 Å². The number of hydrogen-bond acceptors (Lipinski definition) is 8. The van der Waals surface area contributed by atoms with Gasteiger partial charge in [-0.15, -0.1) is 10.2 Å².